The lowest BCUT2D eigenvalue weighted by atomic mass is 10.1. The van der Waals surface area contributed by atoms with Crippen LogP contribution < -0.4 is 16.6 Å². The van der Waals surface area contributed by atoms with Crippen molar-refractivity contribution in [2.75, 3.05) is 6.54 Å². The number of H-pyrrole nitrogens is 1. The third-order valence-corrected chi connectivity index (χ3v) is 5.77. The largest absolute Gasteiger partial charge is 0.481 e. The molecule has 0 bridgehead atoms. The normalized spacial score (nSPS) is 19.2. The lowest BCUT2D eigenvalue weighted by molar-refractivity contribution is -0.141. The fourth-order valence-electron chi connectivity index (χ4n) is 4.05. The van der Waals surface area contributed by atoms with E-state index < -0.39 is 17.2 Å². The number of aromatic nitrogens is 4. The first kappa shape index (κ1) is 19.3. The predicted octanol–water partition coefficient (Wildman–Crippen LogP) is 1.04. The quantitative estimate of drug-likeness (QED) is 0.549. The van der Waals surface area contributed by atoms with Crippen molar-refractivity contribution in [3.8, 4) is 11.5 Å². The Balaban J connectivity index is 1.69. The van der Waals surface area contributed by atoms with Crippen LogP contribution in [0.15, 0.2) is 21.7 Å². The fraction of sp³-hybridized carbons (Fsp3) is 0.450. The minimum Gasteiger partial charge on any atom is -0.481 e. The number of carbonyl (C=O) groups is 1. The summed E-state index contributed by atoms with van der Waals surface area (Å²) < 4.78 is 1.84. The van der Waals surface area contributed by atoms with Crippen molar-refractivity contribution in [1.82, 2.24) is 24.8 Å². The van der Waals surface area contributed by atoms with E-state index in [0.717, 1.165) is 23.1 Å². The van der Waals surface area contributed by atoms with Gasteiger partial charge in [0.1, 0.15) is 0 Å². The summed E-state index contributed by atoms with van der Waals surface area (Å²) in [6, 6.07) is 4.06. The number of aliphatic carboxylic acids is 1. The smallest absolute Gasteiger partial charge is 0.349 e. The molecule has 0 saturated heterocycles. The van der Waals surface area contributed by atoms with Gasteiger partial charge < -0.3 is 15.0 Å². The lowest BCUT2D eigenvalue weighted by Crippen LogP contribution is -2.33. The van der Waals surface area contributed by atoms with Crippen molar-refractivity contribution in [2.24, 2.45) is 5.92 Å². The topological polar surface area (TPSA) is 130 Å². The standard InChI is InChI=1S/C20H23N5O4/c1-10-7-14-15(8-11(10)2)25(17-16(22-14)18(26)24-20(29)23-17)6-5-21-13-4-3-12(9-13)19(27)28/h7-8,12-13,21H,3-6,9H2,1-2H3,(H,27,28)(H,24,26,29)/t12-,13+/m0/s1. The summed E-state index contributed by atoms with van der Waals surface area (Å²) in [6.07, 6.45) is 2.11. The summed E-state index contributed by atoms with van der Waals surface area (Å²) >= 11 is 0. The number of aryl methyl sites for hydroxylation is 2. The number of fused-ring (bicyclic) bond motifs is 2. The Morgan fingerprint density at radius 3 is 2.72 bits per heavy atom. The molecule has 29 heavy (non-hydrogen) atoms. The van der Waals surface area contributed by atoms with Gasteiger partial charge in [0.15, 0.2) is 11.5 Å². The van der Waals surface area contributed by atoms with Crippen molar-refractivity contribution in [2.45, 2.75) is 45.7 Å². The molecule has 152 valence electrons. The molecular formula is C20H23N5O4. The Kier molecular flexibility index (Phi) is 4.91. The van der Waals surface area contributed by atoms with Crippen molar-refractivity contribution in [1.29, 1.82) is 0 Å². The summed E-state index contributed by atoms with van der Waals surface area (Å²) in [5, 5.41) is 12.6. The van der Waals surface area contributed by atoms with E-state index in [9.17, 15) is 14.4 Å². The van der Waals surface area contributed by atoms with Gasteiger partial charge in [-0.25, -0.2) is 9.78 Å². The Labute approximate surface area is 166 Å². The van der Waals surface area contributed by atoms with Gasteiger partial charge in [0.25, 0.3) is 5.56 Å². The molecule has 3 N–H and O–H groups in total. The van der Waals surface area contributed by atoms with Crippen LogP contribution in [0.25, 0.3) is 22.6 Å². The molecule has 2 atom stereocenters. The molecular weight excluding hydrogens is 374 g/mol. The summed E-state index contributed by atoms with van der Waals surface area (Å²) in [4.78, 5) is 45.9. The van der Waals surface area contributed by atoms with Gasteiger partial charge in [-0.3, -0.25) is 14.6 Å². The predicted molar refractivity (Wildman–Crippen MR) is 107 cm³/mol. The number of nitrogens with one attached hydrogen (secondary N) is 2. The molecule has 1 fully saturated rings. The second-order valence-corrected chi connectivity index (χ2v) is 7.73. The molecule has 0 amide bonds. The highest BCUT2D eigenvalue weighted by Crippen LogP contribution is 2.26. The van der Waals surface area contributed by atoms with Crippen LogP contribution in [0.1, 0.15) is 30.4 Å². The molecule has 1 aromatic carbocycles. The average molecular weight is 397 g/mol. The second kappa shape index (κ2) is 7.40. The monoisotopic (exact) mass is 397 g/mol. The van der Waals surface area contributed by atoms with Crippen LogP contribution in [0, 0.1) is 19.8 Å². The van der Waals surface area contributed by atoms with Gasteiger partial charge in [0.2, 0.25) is 0 Å². The van der Waals surface area contributed by atoms with Crippen LogP contribution in [0.3, 0.4) is 0 Å². The SMILES string of the molecule is Cc1cc2nc3c(=O)[nH]c(=O)nc-3n(CCN[C@@H]3CC[C@H](C(=O)O)C3)c2cc1C. The zero-order valence-corrected chi connectivity index (χ0v) is 16.4. The minimum absolute atomic E-state index is 0.132. The Morgan fingerprint density at radius 1 is 1.24 bits per heavy atom. The third kappa shape index (κ3) is 3.65. The summed E-state index contributed by atoms with van der Waals surface area (Å²) in [5.41, 5.74) is 2.48. The van der Waals surface area contributed by atoms with E-state index in [1.54, 1.807) is 0 Å². The molecule has 9 heteroatoms. The first-order valence-corrected chi connectivity index (χ1v) is 9.71. The number of benzene rings is 1. The average Bonchev–Trinajstić information content (AvgIpc) is 3.13. The Bertz CT molecular complexity index is 1180. The van der Waals surface area contributed by atoms with Crippen molar-refractivity contribution in [3.63, 3.8) is 0 Å². The van der Waals surface area contributed by atoms with E-state index in [4.69, 9.17) is 5.11 Å². The molecule has 3 aliphatic rings. The van der Waals surface area contributed by atoms with Gasteiger partial charge >= 0.3 is 11.7 Å². The molecule has 0 aromatic heterocycles. The molecule has 4 rings (SSSR count). The minimum atomic E-state index is -0.743. The zero-order chi connectivity index (χ0) is 20.7. The second-order valence-electron chi connectivity index (χ2n) is 7.73. The van der Waals surface area contributed by atoms with E-state index in [1.807, 2.05) is 30.5 Å². The van der Waals surface area contributed by atoms with Crippen molar-refractivity contribution in [3.05, 3.63) is 44.1 Å². The molecule has 1 aromatic rings. The number of hydrogen-bond donors (Lipinski definition) is 3. The van der Waals surface area contributed by atoms with Gasteiger partial charge in [-0.1, -0.05) is 0 Å². The maximum absolute atomic E-state index is 12.3. The van der Waals surface area contributed by atoms with Crippen LogP contribution in [0.2, 0.25) is 0 Å². The van der Waals surface area contributed by atoms with Crippen LogP contribution in [-0.2, 0) is 11.3 Å². The number of nitrogens with zero attached hydrogens (tertiary/aromatic N) is 3. The van der Waals surface area contributed by atoms with E-state index in [-0.39, 0.29) is 23.5 Å². The molecule has 0 spiro atoms. The first-order chi connectivity index (χ1) is 13.8. The molecule has 0 radical (unpaired) electrons. The Morgan fingerprint density at radius 2 is 2.00 bits per heavy atom. The van der Waals surface area contributed by atoms with Crippen LogP contribution in [0.4, 0.5) is 0 Å². The van der Waals surface area contributed by atoms with Gasteiger partial charge in [0.05, 0.1) is 17.0 Å². The van der Waals surface area contributed by atoms with E-state index >= 15 is 0 Å². The van der Waals surface area contributed by atoms with Crippen LogP contribution >= 0.6 is 0 Å². The molecule has 1 aliphatic carbocycles. The van der Waals surface area contributed by atoms with Gasteiger partial charge in [-0.2, -0.15) is 4.98 Å². The van der Waals surface area contributed by atoms with E-state index in [2.05, 4.69) is 20.3 Å². The molecule has 2 heterocycles. The van der Waals surface area contributed by atoms with Crippen LogP contribution in [-0.4, -0.2) is 43.2 Å². The summed E-state index contributed by atoms with van der Waals surface area (Å²) in [5.74, 6) is -0.783. The number of carboxylic acid groups (broad SMARTS) is 1. The fourth-order valence-corrected chi connectivity index (χ4v) is 4.05. The molecule has 1 saturated carbocycles. The maximum Gasteiger partial charge on any atom is 0.349 e. The first-order valence-electron chi connectivity index (χ1n) is 9.71. The maximum atomic E-state index is 12.3. The molecule has 0 unspecified atom stereocenters. The summed E-state index contributed by atoms with van der Waals surface area (Å²) in [7, 11) is 0. The highest BCUT2D eigenvalue weighted by molar-refractivity contribution is 5.81. The zero-order valence-electron chi connectivity index (χ0n) is 16.4. The van der Waals surface area contributed by atoms with Crippen molar-refractivity contribution >= 4 is 17.0 Å². The van der Waals surface area contributed by atoms with Crippen LogP contribution in [0.5, 0.6) is 0 Å². The lowest BCUT2D eigenvalue weighted by Gasteiger charge is -2.19. The summed E-state index contributed by atoms with van der Waals surface area (Å²) in [6.45, 7) is 5.01. The highest BCUT2D eigenvalue weighted by Gasteiger charge is 2.29. The van der Waals surface area contributed by atoms with E-state index in [1.165, 1.54) is 0 Å². The number of carboxylic acids is 1. The Hall–Kier alpha value is -3.07. The number of aromatic amines is 1. The van der Waals surface area contributed by atoms with Gasteiger partial charge in [-0.05, 0) is 56.4 Å². The van der Waals surface area contributed by atoms with E-state index in [0.29, 0.717) is 31.4 Å². The van der Waals surface area contributed by atoms with Crippen molar-refractivity contribution < 1.29 is 9.90 Å². The number of hydrogen-bond acceptors (Lipinski definition) is 6. The van der Waals surface area contributed by atoms with Gasteiger partial charge in [-0.15, -0.1) is 0 Å². The molecule has 2 aliphatic heterocycles. The van der Waals surface area contributed by atoms with Gasteiger partial charge in [0, 0.05) is 19.1 Å². The highest BCUT2D eigenvalue weighted by atomic mass is 16.4. The number of rotatable bonds is 5. The third-order valence-electron chi connectivity index (χ3n) is 5.77. The molecule has 9 nitrogen and oxygen atoms in total.